The Morgan fingerprint density at radius 2 is 2.31 bits per heavy atom. The van der Waals surface area contributed by atoms with E-state index >= 15 is 0 Å². The molecule has 2 heterocycles. The summed E-state index contributed by atoms with van der Waals surface area (Å²) in [5, 5.41) is 12.0. The van der Waals surface area contributed by atoms with E-state index in [4.69, 9.17) is 0 Å². The molecule has 7 nitrogen and oxygen atoms in total. The van der Waals surface area contributed by atoms with E-state index in [1.807, 2.05) is 0 Å². The summed E-state index contributed by atoms with van der Waals surface area (Å²) in [6.07, 6.45) is 1.43. The number of rotatable bonds is 3. The van der Waals surface area contributed by atoms with Crippen LogP contribution in [-0.4, -0.2) is 26.8 Å². The Morgan fingerprint density at radius 3 is 2.94 bits per heavy atom. The number of aromatic nitrogens is 4. The Bertz CT molecular complexity index is 599. The third kappa shape index (κ3) is 2.16. The lowest BCUT2D eigenvalue weighted by Gasteiger charge is -1.99. The Morgan fingerprint density at radius 1 is 1.50 bits per heavy atom. The van der Waals surface area contributed by atoms with E-state index in [-0.39, 0.29) is 0 Å². The van der Waals surface area contributed by atoms with Crippen LogP contribution < -0.4 is 16.6 Å². The van der Waals surface area contributed by atoms with Crippen LogP contribution >= 0.6 is 11.3 Å². The third-order valence-corrected chi connectivity index (χ3v) is 2.81. The van der Waals surface area contributed by atoms with Gasteiger partial charge in [0.2, 0.25) is 5.13 Å². The van der Waals surface area contributed by atoms with Crippen molar-refractivity contribution in [3.8, 4) is 0 Å². The summed E-state index contributed by atoms with van der Waals surface area (Å²) < 4.78 is 1.36. The summed E-state index contributed by atoms with van der Waals surface area (Å²) in [7, 11) is 1.75. The zero-order valence-electron chi connectivity index (χ0n) is 8.43. The van der Waals surface area contributed by atoms with Gasteiger partial charge in [-0.15, -0.1) is 10.2 Å². The maximum absolute atomic E-state index is 11.4. The van der Waals surface area contributed by atoms with E-state index in [1.165, 1.54) is 28.2 Å². The fourth-order valence-electron chi connectivity index (χ4n) is 1.13. The molecule has 2 aromatic heterocycles. The lowest BCUT2D eigenvalue weighted by atomic mass is 10.6. The van der Waals surface area contributed by atoms with Gasteiger partial charge in [0, 0.05) is 19.3 Å². The summed E-state index contributed by atoms with van der Waals surface area (Å²) in [5.74, 6) is 0. The zero-order valence-corrected chi connectivity index (χ0v) is 9.24. The normalized spacial score (nSPS) is 10.3. The number of hydrogen-bond donors (Lipinski definition) is 2. The fraction of sp³-hybridized carbons (Fsp3) is 0.250. The molecule has 0 fully saturated rings. The Kier molecular flexibility index (Phi) is 2.82. The lowest BCUT2D eigenvalue weighted by molar-refractivity contribution is 0.709. The maximum Gasteiger partial charge on any atom is 0.328 e. The van der Waals surface area contributed by atoms with Gasteiger partial charge in [0.25, 0.3) is 5.56 Å². The molecule has 0 unspecified atom stereocenters. The molecular weight excluding hydrogens is 230 g/mol. The lowest BCUT2D eigenvalue weighted by Crippen LogP contribution is -2.28. The minimum absolute atomic E-state index is 0.301. The van der Waals surface area contributed by atoms with Crippen molar-refractivity contribution in [1.82, 2.24) is 19.7 Å². The van der Waals surface area contributed by atoms with Crippen LogP contribution in [0.3, 0.4) is 0 Å². The van der Waals surface area contributed by atoms with Gasteiger partial charge in [0.05, 0.1) is 6.54 Å². The van der Waals surface area contributed by atoms with Crippen LogP contribution in [0.25, 0.3) is 0 Å². The number of anilines is 1. The van der Waals surface area contributed by atoms with Crippen molar-refractivity contribution in [2.75, 3.05) is 12.4 Å². The van der Waals surface area contributed by atoms with E-state index in [1.54, 1.807) is 7.05 Å². The van der Waals surface area contributed by atoms with Crippen LogP contribution in [0, 0.1) is 0 Å². The number of nitrogens with one attached hydrogen (secondary N) is 2. The van der Waals surface area contributed by atoms with Gasteiger partial charge in [0.1, 0.15) is 5.01 Å². The first-order valence-corrected chi connectivity index (χ1v) is 5.30. The quantitative estimate of drug-likeness (QED) is 0.751. The van der Waals surface area contributed by atoms with Crippen molar-refractivity contribution in [1.29, 1.82) is 0 Å². The highest BCUT2D eigenvalue weighted by molar-refractivity contribution is 7.15. The summed E-state index contributed by atoms with van der Waals surface area (Å²) in [6.45, 7) is 0.301. The van der Waals surface area contributed by atoms with Gasteiger partial charge in [-0.3, -0.25) is 14.3 Å². The molecular formula is C8H9N5O2S. The van der Waals surface area contributed by atoms with E-state index in [0.29, 0.717) is 16.7 Å². The first-order chi connectivity index (χ1) is 7.69. The van der Waals surface area contributed by atoms with Crippen LogP contribution in [-0.2, 0) is 6.54 Å². The van der Waals surface area contributed by atoms with Crippen LogP contribution in [0.4, 0.5) is 5.13 Å². The molecule has 0 aliphatic rings. The van der Waals surface area contributed by atoms with Crippen LogP contribution in [0.15, 0.2) is 21.9 Å². The molecule has 2 N–H and O–H groups in total. The highest BCUT2D eigenvalue weighted by Crippen LogP contribution is 2.14. The monoisotopic (exact) mass is 239 g/mol. The summed E-state index contributed by atoms with van der Waals surface area (Å²) >= 11 is 1.36. The highest BCUT2D eigenvalue weighted by atomic mass is 32.1. The summed E-state index contributed by atoms with van der Waals surface area (Å²) in [6, 6.07) is 1.29. The second kappa shape index (κ2) is 4.27. The Labute approximate surface area is 93.8 Å². The Balaban J connectivity index is 2.27. The predicted octanol–water partition coefficient (Wildman–Crippen LogP) is -0.522. The molecule has 0 radical (unpaired) electrons. The second-order valence-electron chi connectivity index (χ2n) is 2.99. The molecule has 0 bridgehead atoms. The standard InChI is InChI=1S/C8H9N5O2S/c1-9-7-12-11-6(16-7)4-13-3-2-5(14)10-8(13)15/h2-3H,4H2,1H3,(H,9,12)(H,10,14,15). The first-order valence-electron chi connectivity index (χ1n) is 4.49. The van der Waals surface area contributed by atoms with Crippen molar-refractivity contribution >= 4 is 16.5 Å². The average Bonchev–Trinajstić information content (AvgIpc) is 2.70. The van der Waals surface area contributed by atoms with Gasteiger partial charge in [-0.1, -0.05) is 11.3 Å². The number of aromatic amines is 1. The second-order valence-corrected chi connectivity index (χ2v) is 4.05. The van der Waals surface area contributed by atoms with Crippen LogP contribution in [0.2, 0.25) is 0 Å². The van der Waals surface area contributed by atoms with Gasteiger partial charge in [-0.25, -0.2) is 4.79 Å². The highest BCUT2D eigenvalue weighted by Gasteiger charge is 2.04. The number of nitrogens with zero attached hydrogens (tertiary/aromatic N) is 3. The molecule has 2 rings (SSSR count). The average molecular weight is 239 g/mol. The van der Waals surface area contributed by atoms with Gasteiger partial charge in [0.15, 0.2) is 0 Å². The van der Waals surface area contributed by atoms with Crippen molar-refractivity contribution in [2.45, 2.75) is 6.54 Å². The molecule has 16 heavy (non-hydrogen) atoms. The molecule has 8 heteroatoms. The molecule has 84 valence electrons. The molecule has 0 atom stereocenters. The summed E-state index contributed by atoms with van der Waals surface area (Å²) in [4.78, 5) is 24.4. The smallest absolute Gasteiger partial charge is 0.328 e. The van der Waals surface area contributed by atoms with E-state index < -0.39 is 11.2 Å². The van der Waals surface area contributed by atoms with E-state index in [2.05, 4.69) is 20.5 Å². The third-order valence-electron chi connectivity index (χ3n) is 1.88. The first kappa shape index (κ1) is 10.6. The van der Waals surface area contributed by atoms with Crippen molar-refractivity contribution < 1.29 is 0 Å². The number of H-pyrrole nitrogens is 1. The topological polar surface area (TPSA) is 92.7 Å². The minimum Gasteiger partial charge on any atom is -0.363 e. The number of hydrogen-bond acceptors (Lipinski definition) is 6. The van der Waals surface area contributed by atoms with E-state index in [0.717, 1.165) is 0 Å². The fourth-order valence-corrected chi connectivity index (χ4v) is 1.83. The van der Waals surface area contributed by atoms with Gasteiger partial charge < -0.3 is 5.32 Å². The Hall–Kier alpha value is -1.96. The van der Waals surface area contributed by atoms with E-state index in [9.17, 15) is 9.59 Å². The summed E-state index contributed by atoms with van der Waals surface area (Å²) in [5.41, 5.74) is -0.858. The maximum atomic E-state index is 11.4. The van der Waals surface area contributed by atoms with Gasteiger partial charge in [-0.2, -0.15) is 0 Å². The molecule has 0 saturated heterocycles. The largest absolute Gasteiger partial charge is 0.363 e. The zero-order chi connectivity index (χ0) is 11.5. The minimum atomic E-state index is -0.450. The van der Waals surface area contributed by atoms with Crippen molar-refractivity contribution in [3.05, 3.63) is 38.1 Å². The molecule has 0 aromatic carbocycles. The molecule has 0 amide bonds. The SMILES string of the molecule is CNc1nnc(Cn2ccc(=O)[nH]c2=O)s1. The van der Waals surface area contributed by atoms with Gasteiger partial charge in [-0.05, 0) is 0 Å². The molecule has 0 saturated carbocycles. The van der Waals surface area contributed by atoms with Gasteiger partial charge >= 0.3 is 5.69 Å². The molecule has 0 aliphatic heterocycles. The van der Waals surface area contributed by atoms with Crippen LogP contribution in [0.5, 0.6) is 0 Å². The molecule has 2 aromatic rings. The predicted molar refractivity (Wildman–Crippen MR) is 59.9 cm³/mol. The molecule has 0 aliphatic carbocycles. The van der Waals surface area contributed by atoms with Crippen LogP contribution in [0.1, 0.15) is 5.01 Å². The van der Waals surface area contributed by atoms with Crippen molar-refractivity contribution in [3.63, 3.8) is 0 Å². The van der Waals surface area contributed by atoms with Crippen molar-refractivity contribution in [2.24, 2.45) is 0 Å². The molecule has 0 spiro atoms.